The Hall–Kier alpha value is -2.94. The van der Waals surface area contributed by atoms with E-state index in [1.807, 2.05) is 13.8 Å². The van der Waals surface area contributed by atoms with E-state index >= 15 is 0 Å². The minimum Gasteiger partial charge on any atom is -0.490 e. The van der Waals surface area contributed by atoms with E-state index in [2.05, 4.69) is 31.8 Å². The highest BCUT2D eigenvalue weighted by atomic mass is 79.9. The Morgan fingerprint density at radius 3 is 2.63 bits per heavy atom. The minimum absolute atomic E-state index is 0.0116. The Bertz CT molecular complexity index is 921. The molecule has 160 valence electrons. The number of nitrogens with zero attached hydrogens (tertiary/aromatic N) is 1. The lowest BCUT2D eigenvalue weighted by Gasteiger charge is -2.14. The molecule has 0 aliphatic heterocycles. The third-order valence-corrected chi connectivity index (χ3v) is 4.24. The number of halogens is 2. The summed E-state index contributed by atoms with van der Waals surface area (Å²) in [6.45, 7) is 4.89. The van der Waals surface area contributed by atoms with Gasteiger partial charge in [0.1, 0.15) is 12.2 Å². The molecule has 0 saturated carbocycles. The first kappa shape index (κ1) is 23.3. The number of rotatable bonds is 10. The quantitative estimate of drug-likeness (QED) is 0.302. The lowest BCUT2D eigenvalue weighted by Crippen LogP contribution is -2.24. The smallest absolute Gasteiger partial charge is 0.249 e. The average molecular weight is 480 g/mol. The van der Waals surface area contributed by atoms with Gasteiger partial charge in [0.25, 0.3) is 0 Å². The summed E-state index contributed by atoms with van der Waals surface area (Å²) in [5.74, 6) is -0.702. The lowest BCUT2D eigenvalue weighted by atomic mass is 10.2. The molecule has 7 nitrogen and oxygen atoms in total. The molecule has 0 aliphatic rings. The van der Waals surface area contributed by atoms with Gasteiger partial charge in [-0.25, -0.2) is 9.82 Å². The molecule has 2 N–H and O–H groups in total. The summed E-state index contributed by atoms with van der Waals surface area (Å²) >= 11 is 3.45. The summed E-state index contributed by atoms with van der Waals surface area (Å²) in [5, 5.41) is 6.20. The van der Waals surface area contributed by atoms with Crippen molar-refractivity contribution in [3.8, 4) is 11.5 Å². The maximum atomic E-state index is 13.5. The second-order valence-electron chi connectivity index (χ2n) is 6.11. The van der Waals surface area contributed by atoms with Crippen molar-refractivity contribution in [2.75, 3.05) is 18.5 Å². The van der Waals surface area contributed by atoms with Crippen LogP contribution < -0.4 is 20.2 Å². The maximum Gasteiger partial charge on any atom is 0.249 e. The molecule has 0 aliphatic carbocycles. The van der Waals surface area contributed by atoms with Crippen molar-refractivity contribution in [2.45, 2.75) is 26.7 Å². The Balaban J connectivity index is 1.96. The van der Waals surface area contributed by atoms with E-state index in [4.69, 9.17) is 9.47 Å². The van der Waals surface area contributed by atoms with Crippen LogP contribution in [0.2, 0.25) is 0 Å². The van der Waals surface area contributed by atoms with Crippen LogP contribution in [0.15, 0.2) is 46.0 Å². The molecule has 0 radical (unpaired) electrons. The molecule has 2 rings (SSSR count). The van der Waals surface area contributed by atoms with Crippen molar-refractivity contribution in [1.29, 1.82) is 0 Å². The SMILES string of the molecule is CCCOc1c(Br)cc(C=NNC(=O)CC(=O)Nc2ccccc2F)cc1OCC. The molecular weight excluding hydrogens is 457 g/mol. The summed E-state index contributed by atoms with van der Waals surface area (Å²) in [5.41, 5.74) is 2.94. The molecule has 0 spiro atoms. The van der Waals surface area contributed by atoms with Crippen LogP contribution in [0.3, 0.4) is 0 Å². The summed E-state index contributed by atoms with van der Waals surface area (Å²) in [4.78, 5) is 23.8. The summed E-state index contributed by atoms with van der Waals surface area (Å²) in [6.07, 6.45) is 1.78. The second-order valence-corrected chi connectivity index (χ2v) is 6.96. The van der Waals surface area contributed by atoms with Crippen molar-refractivity contribution < 1.29 is 23.5 Å². The number of nitrogens with one attached hydrogen (secondary N) is 2. The molecule has 2 amide bonds. The molecule has 0 bridgehead atoms. The van der Waals surface area contributed by atoms with E-state index in [1.54, 1.807) is 18.2 Å². The van der Waals surface area contributed by atoms with Crippen LogP contribution in [0, 0.1) is 5.82 Å². The van der Waals surface area contributed by atoms with Gasteiger partial charge in [-0.05, 0) is 59.1 Å². The predicted molar refractivity (Wildman–Crippen MR) is 116 cm³/mol. The van der Waals surface area contributed by atoms with Crippen molar-refractivity contribution in [2.24, 2.45) is 5.10 Å². The van der Waals surface area contributed by atoms with Gasteiger partial charge < -0.3 is 14.8 Å². The van der Waals surface area contributed by atoms with Crippen LogP contribution >= 0.6 is 15.9 Å². The number of hydrogen-bond acceptors (Lipinski definition) is 5. The van der Waals surface area contributed by atoms with E-state index in [0.29, 0.717) is 34.7 Å². The molecule has 0 unspecified atom stereocenters. The van der Waals surface area contributed by atoms with Crippen molar-refractivity contribution in [3.63, 3.8) is 0 Å². The maximum absolute atomic E-state index is 13.5. The van der Waals surface area contributed by atoms with Crippen LogP contribution in [-0.2, 0) is 9.59 Å². The fourth-order valence-corrected chi connectivity index (χ4v) is 2.96. The molecule has 9 heteroatoms. The van der Waals surface area contributed by atoms with Crippen molar-refractivity contribution >= 4 is 39.6 Å². The number of ether oxygens (including phenoxy) is 2. The monoisotopic (exact) mass is 479 g/mol. The molecule has 2 aromatic carbocycles. The standard InChI is InChI=1S/C21H23BrFN3O4/c1-3-9-30-21-15(22)10-14(11-18(21)29-4-2)13-24-26-20(28)12-19(27)25-17-8-6-5-7-16(17)23/h5-8,10-11,13H,3-4,9,12H2,1-2H3,(H,25,27)(H,26,28). The van der Waals surface area contributed by atoms with Crippen LogP contribution in [0.4, 0.5) is 10.1 Å². The van der Waals surface area contributed by atoms with Crippen LogP contribution in [0.1, 0.15) is 32.3 Å². The Kier molecular flexibility index (Phi) is 9.27. The topological polar surface area (TPSA) is 89.0 Å². The largest absolute Gasteiger partial charge is 0.490 e. The zero-order valence-electron chi connectivity index (χ0n) is 16.7. The zero-order valence-corrected chi connectivity index (χ0v) is 18.3. The number of anilines is 1. The van der Waals surface area contributed by atoms with Crippen LogP contribution in [0.25, 0.3) is 0 Å². The number of amides is 2. The molecule has 0 atom stereocenters. The molecule has 30 heavy (non-hydrogen) atoms. The number of benzene rings is 2. The van der Waals surface area contributed by atoms with Gasteiger partial charge in [0, 0.05) is 0 Å². The normalized spacial score (nSPS) is 10.7. The molecular formula is C21H23BrFN3O4. The van der Waals surface area contributed by atoms with E-state index < -0.39 is 24.1 Å². The van der Waals surface area contributed by atoms with Gasteiger partial charge >= 0.3 is 0 Å². The summed E-state index contributed by atoms with van der Waals surface area (Å²) in [6, 6.07) is 9.21. The van der Waals surface area contributed by atoms with Gasteiger partial charge in [-0.2, -0.15) is 5.10 Å². The van der Waals surface area contributed by atoms with E-state index in [9.17, 15) is 14.0 Å². The first-order chi connectivity index (χ1) is 14.4. The number of carbonyl (C=O) groups excluding carboxylic acids is 2. The van der Waals surface area contributed by atoms with E-state index in [0.717, 1.165) is 6.42 Å². The molecule has 0 aromatic heterocycles. The van der Waals surface area contributed by atoms with Gasteiger partial charge in [0.2, 0.25) is 11.8 Å². The number of para-hydroxylation sites is 1. The summed E-state index contributed by atoms with van der Waals surface area (Å²) in [7, 11) is 0. The third-order valence-electron chi connectivity index (χ3n) is 3.65. The fourth-order valence-electron chi connectivity index (χ4n) is 2.39. The lowest BCUT2D eigenvalue weighted by molar-refractivity contribution is -0.126. The first-order valence-electron chi connectivity index (χ1n) is 9.40. The van der Waals surface area contributed by atoms with E-state index in [-0.39, 0.29) is 5.69 Å². The summed E-state index contributed by atoms with van der Waals surface area (Å²) < 4.78 is 25.6. The predicted octanol–water partition coefficient (Wildman–Crippen LogP) is 4.25. The van der Waals surface area contributed by atoms with Gasteiger partial charge in [-0.1, -0.05) is 19.1 Å². The number of hydrazone groups is 1. The van der Waals surface area contributed by atoms with Crippen molar-refractivity contribution in [3.05, 3.63) is 52.3 Å². The second kappa shape index (κ2) is 11.9. The van der Waals surface area contributed by atoms with Crippen LogP contribution in [0.5, 0.6) is 11.5 Å². The Morgan fingerprint density at radius 1 is 1.17 bits per heavy atom. The molecule has 0 heterocycles. The Labute approximate surface area is 182 Å². The van der Waals surface area contributed by atoms with Gasteiger partial charge in [0.15, 0.2) is 11.5 Å². The zero-order chi connectivity index (χ0) is 21.9. The Morgan fingerprint density at radius 2 is 1.93 bits per heavy atom. The number of hydrogen-bond donors (Lipinski definition) is 2. The van der Waals surface area contributed by atoms with Gasteiger partial charge in [-0.15, -0.1) is 0 Å². The van der Waals surface area contributed by atoms with Gasteiger partial charge in [-0.3, -0.25) is 9.59 Å². The average Bonchev–Trinajstić information content (AvgIpc) is 2.69. The number of carbonyl (C=O) groups is 2. The highest BCUT2D eigenvalue weighted by Crippen LogP contribution is 2.36. The molecule has 0 saturated heterocycles. The van der Waals surface area contributed by atoms with E-state index in [1.165, 1.54) is 24.4 Å². The van der Waals surface area contributed by atoms with Crippen molar-refractivity contribution in [1.82, 2.24) is 5.43 Å². The highest BCUT2D eigenvalue weighted by Gasteiger charge is 2.13. The molecule has 2 aromatic rings. The molecule has 0 fully saturated rings. The highest BCUT2D eigenvalue weighted by molar-refractivity contribution is 9.10. The fraction of sp³-hybridized carbons (Fsp3) is 0.286. The first-order valence-corrected chi connectivity index (χ1v) is 10.2. The van der Waals surface area contributed by atoms with Gasteiger partial charge in [0.05, 0.1) is 29.6 Å². The minimum atomic E-state index is -0.647. The third kappa shape index (κ3) is 7.14. The van der Waals surface area contributed by atoms with Crippen LogP contribution in [-0.4, -0.2) is 31.2 Å².